The van der Waals surface area contributed by atoms with Gasteiger partial charge in [-0.2, -0.15) is 0 Å². The highest BCUT2D eigenvalue weighted by atomic mass is 16.7. The number of carbonyl (C=O) groups excluding carboxylic acids is 3. The number of aromatic hydroxyl groups is 2. The average Bonchev–Trinajstić information content (AvgIpc) is 3.77. The van der Waals surface area contributed by atoms with Gasteiger partial charge in [-0.3, -0.25) is 19.6 Å². The second-order valence-electron chi connectivity index (χ2n) is 20.0. The number of phenolic OH excluding ortho intramolecular Hbond substituents is 2. The molecule has 0 radical (unpaired) electrons. The number of likely N-dealkylation sites (N-methyl/N-ethyl adjacent to an activating group) is 1. The van der Waals surface area contributed by atoms with E-state index in [1.54, 1.807) is 37.0 Å². The van der Waals surface area contributed by atoms with Crippen molar-refractivity contribution in [3.63, 3.8) is 0 Å². The second kappa shape index (κ2) is 19.3. The Morgan fingerprint density at radius 1 is 0.955 bits per heavy atom. The lowest BCUT2D eigenvalue weighted by Crippen LogP contribution is -2.50. The Balaban J connectivity index is 1.34. The molecule has 16 heteroatoms. The number of piperidine rings is 1. The molecule has 2 fully saturated rings. The minimum absolute atomic E-state index is 0.00884. The Bertz CT molecular complexity index is 2430. The molecule has 2 aromatic rings. The van der Waals surface area contributed by atoms with Crippen molar-refractivity contribution < 1.29 is 48.7 Å². The predicted molar refractivity (Wildman–Crippen MR) is 250 cm³/mol. The Morgan fingerprint density at radius 3 is 2.27 bits per heavy atom. The summed E-state index contributed by atoms with van der Waals surface area (Å²) in [6.45, 7) is 21.6. The molecular formula is C50H70N6O10. The van der Waals surface area contributed by atoms with E-state index in [-0.39, 0.29) is 61.6 Å². The number of amides is 2. The highest BCUT2D eigenvalue weighted by Gasteiger charge is 2.50. The van der Waals surface area contributed by atoms with E-state index < -0.39 is 65.1 Å². The van der Waals surface area contributed by atoms with Gasteiger partial charge < -0.3 is 54.3 Å². The first-order valence-corrected chi connectivity index (χ1v) is 23.5. The number of hydrogen-bond donors (Lipinski definition) is 4. The van der Waals surface area contributed by atoms with Gasteiger partial charge >= 0.3 is 11.9 Å². The Morgan fingerprint density at radius 2 is 1.62 bits per heavy atom. The Hall–Kier alpha value is -5.03. The van der Waals surface area contributed by atoms with Crippen LogP contribution in [0.25, 0.3) is 10.8 Å². The number of nitrogens with zero attached hydrogens (tertiary/aromatic N) is 5. The van der Waals surface area contributed by atoms with Gasteiger partial charge in [0.25, 0.3) is 11.7 Å². The summed E-state index contributed by atoms with van der Waals surface area (Å²) in [5.74, 6) is -4.56. The molecule has 0 aromatic heterocycles. The van der Waals surface area contributed by atoms with Gasteiger partial charge in [-0.05, 0) is 51.1 Å². The number of aliphatic hydroxyl groups excluding tert-OH is 1. The first-order valence-electron chi connectivity index (χ1n) is 23.5. The molecule has 5 bridgehead atoms. The maximum Gasteiger partial charge on any atom is 0.410 e. The molecule has 2 amide bonds. The van der Waals surface area contributed by atoms with E-state index in [1.165, 1.54) is 20.3 Å². The van der Waals surface area contributed by atoms with E-state index >= 15 is 0 Å². The molecule has 2 saturated heterocycles. The van der Waals surface area contributed by atoms with Crippen molar-refractivity contribution in [1.82, 2.24) is 14.7 Å². The van der Waals surface area contributed by atoms with Gasteiger partial charge in [0.2, 0.25) is 0 Å². The van der Waals surface area contributed by atoms with Crippen LogP contribution in [0, 0.1) is 36.5 Å². The lowest BCUT2D eigenvalue weighted by Gasteiger charge is -2.39. The number of phenols is 2. The monoisotopic (exact) mass is 915 g/mol. The number of rotatable bonds is 4. The van der Waals surface area contributed by atoms with Crippen LogP contribution in [-0.2, 0) is 19.0 Å². The van der Waals surface area contributed by atoms with Crippen molar-refractivity contribution in [2.45, 2.75) is 111 Å². The minimum atomic E-state index is -1.94. The molecule has 0 saturated carbocycles. The van der Waals surface area contributed by atoms with Crippen LogP contribution in [0.5, 0.6) is 17.2 Å². The predicted octanol–water partition coefficient (Wildman–Crippen LogP) is 5.60. The van der Waals surface area contributed by atoms with Crippen LogP contribution in [0.3, 0.4) is 0 Å². The van der Waals surface area contributed by atoms with Crippen molar-refractivity contribution in [2.75, 3.05) is 65.3 Å². The lowest BCUT2D eigenvalue weighted by molar-refractivity contribution is -0.112. The molecule has 16 nitrogen and oxygen atoms in total. The van der Waals surface area contributed by atoms with Crippen LogP contribution in [0.1, 0.15) is 90.6 Å². The van der Waals surface area contributed by atoms with Gasteiger partial charge in [0.15, 0.2) is 11.4 Å². The molecule has 6 aliphatic heterocycles. The normalized spacial score (nSPS) is 31.7. The molecule has 360 valence electrons. The summed E-state index contributed by atoms with van der Waals surface area (Å²) < 4.78 is 24.9. The standard InChI is InChI=1S/C50H70N6O10/c1-27(2)26-55-18-16-50(17-19-55)52-38-35-36-42(58)33(8)45-37(35)46(60)49(9,66-45)64-24-15-34(63-11)31(6)44(65-48(62)56-22-20-54(10)21-23-56)32(7)41(57)30(5)25-28(3)13-12-14-29(4)47(61)51-40(43(36)59)39(38)53-50/h12-15,24,27-28,30-32,34,41,44,57-59H,16-23,25-26H2,1-11H3,(H,51,61)/b13-12+,24-15+,29-14-/t28?,30-,31-,32-,34+,41?,44?,49+/m1/s1. The molecule has 0 aliphatic carbocycles. The van der Waals surface area contributed by atoms with Crippen LogP contribution in [0.2, 0.25) is 0 Å². The largest absolute Gasteiger partial charge is 0.507 e. The van der Waals surface area contributed by atoms with Crippen molar-refractivity contribution in [3.8, 4) is 17.2 Å². The number of anilines is 1. The van der Waals surface area contributed by atoms with Gasteiger partial charge in [-0.25, -0.2) is 4.79 Å². The summed E-state index contributed by atoms with van der Waals surface area (Å²) in [7, 11) is 3.54. The van der Waals surface area contributed by atoms with E-state index in [1.807, 2.05) is 40.8 Å². The number of likely N-dealkylation sites (tertiary alicyclic amines) is 1. The van der Waals surface area contributed by atoms with Gasteiger partial charge in [-0.15, -0.1) is 0 Å². The summed E-state index contributed by atoms with van der Waals surface area (Å²) >= 11 is 0. The first-order chi connectivity index (χ1) is 31.2. The zero-order valence-corrected chi connectivity index (χ0v) is 40.5. The van der Waals surface area contributed by atoms with E-state index in [4.69, 9.17) is 28.9 Å². The number of piperazine rings is 1. The van der Waals surface area contributed by atoms with Gasteiger partial charge in [0.1, 0.15) is 28.6 Å². The summed E-state index contributed by atoms with van der Waals surface area (Å²) in [5, 5.41) is 39.4. The number of ether oxygens (including phenoxy) is 4. The third-order valence-corrected chi connectivity index (χ3v) is 14.3. The summed E-state index contributed by atoms with van der Waals surface area (Å²) in [6.07, 6.45) is 7.25. The molecule has 8 rings (SSSR count). The quantitative estimate of drug-likeness (QED) is 0.278. The second-order valence-corrected chi connectivity index (χ2v) is 20.0. The molecule has 6 heterocycles. The van der Waals surface area contributed by atoms with E-state index in [2.05, 4.69) is 29.0 Å². The third-order valence-electron chi connectivity index (χ3n) is 14.3. The number of benzene rings is 2. The fraction of sp³-hybridized carbons (Fsp3) is 0.620. The van der Waals surface area contributed by atoms with Crippen LogP contribution in [0.15, 0.2) is 46.1 Å². The zero-order valence-electron chi connectivity index (χ0n) is 40.5. The summed E-state index contributed by atoms with van der Waals surface area (Å²) in [4.78, 5) is 59.2. The van der Waals surface area contributed by atoms with E-state index in [9.17, 15) is 29.7 Å². The van der Waals surface area contributed by atoms with Crippen molar-refractivity contribution in [2.24, 2.45) is 39.6 Å². The van der Waals surface area contributed by atoms with Gasteiger partial charge in [0, 0.05) is 101 Å². The molecule has 6 aliphatic rings. The van der Waals surface area contributed by atoms with E-state index in [0.717, 1.165) is 19.6 Å². The van der Waals surface area contributed by atoms with Crippen LogP contribution in [-0.4, -0.2) is 138 Å². The van der Waals surface area contributed by atoms with Crippen LogP contribution in [0.4, 0.5) is 10.5 Å². The first kappa shape index (κ1) is 48.9. The SMILES string of the molecule is CO[C@H]1/C=C/O[C@@]2(C)Oc3c(C)c(O)c4c(O)c(c5c(c4c3C2=O)=NC2(CCN(CC(C)C)CC2)N=5)NC(=O)/C(C)=C\C=C\C(C)C[C@@H](C)C(O)[C@@H](C)C(OC(=O)N2CCN(C)CC2)[C@@H]1C. The maximum atomic E-state index is 14.9. The molecule has 3 unspecified atom stereocenters. The Kier molecular flexibility index (Phi) is 14.3. The lowest BCUT2D eigenvalue weighted by atomic mass is 9.79. The Labute approximate surface area is 388 Å². The number of Topliss-reactive ketones (excluding diaryl/α,β-unsaturated/α-hetero) is 1. The molecular weight excluding hydrogens is 845 g/mol. The highest BCUT2D eigenvalue weighted by Crippen LogP contribution is 2.50. The van der Waals surface area contributed by atoms with Gasteiger partial charge in [-0.1, -0.05) is 59.8 Å². The third kappa shape index (κ3) is 9.43. The molecule has 66 heavy (non-hydrogen) atoms. The highest BCUT2D eigenvalue weighted by molar-refractivity contribution is 6.19. The smallest absolute Gasteiger partial charge is 0.410 e. The number of allylic oxidation sites excluding steroid dienone is 3. The number of ketones is 1. The van der Waals surface area contributed by atoms with Crippen LogP contribution >= 0.6 is 0 Å². The van der Waals surface area contributed by atoms with Crippen molar-refractivity contribution >= 4 is 34.2 Å². The average molecular weight is 915 g/mol. The van der Waals surface area contributed by atoms with Gasteiger partial charge in [0.05, 0.1) is 34.8 Å². The zero-order chi connectivity index (χ0) is 48.0. The minimum Gasteiger partial charge on any atom is -0.507 e. The summed E-state index contributed by atoms with van der Waals surface area (Å²) in [6, 6.07) is 0. The molecule has 2 aromatic carbocycles. The molecule has 4 N–H and O–H groups in total. The van der Waals surface area contributed by atoms with Crippen molar-refractivity contribution in [1.29, 1.82) is 0 Å². The fourth-order valence-corrected chi connectivity index (χ4v) is 10.3. The number of methoxy groups -OCH3 is 1. The van der Waals surface area contributed by atoms with Crippen molar-refractivity contribution in [3.05, 3.63) is 58.0 Å². The van der Waals surface area contributed by atoms with E-state index in [0.29, 0.717) is 56.9 Å². The number of carbonyl (C=O) groups is 3. The maximum absolute atomic E-state index is 14.9. The number of hydrogen-bond acceptors (Lipinski definition) is 14. The topological polar surface area (TPSA) is 195 Å². The fourth-order valence-electron chi connectivity index (χ4n) is 10.3. The molecule has 8 atom stereocenters. The summed E-state index contributed by atoms with van der Waals surface area (Å²) in [5.41, 5.74) is -0.382. The molecule has 1 spiro atoms. The van der Waals surface area contributed by atoms with Crippen LogP contribution < -0.4 is 20.8 Å². The number of nitrogens with one attached hydrogen (secondary N) is 1. The number of fused-ring (bicyclic) bond motifs is 13. The number of aliphatic hydroxyl groups is 1.